The van der Waals surface area contributed by atoms with E-state index >= 15 is 0 Å². The molecule has 3 aliphatic rings. The van der Waals surface area contributed by atoms with Gasteiger partial charge in [-0.1, -0.05) is 18.2 Å². The zero-order valence-corrected chi connectivity index (χ0v) is 12.6. The van der Waals surface area contributed by atoms with Gasteiger partial charge in [0, 0.05) is 11.6 Å². The Bertz CT molecular complexity index is 802. The molecule has 4 rings (SSSR count). The van der Waals surface area contributed by atoms with E-state index in [0.29, 0.717) is 5.56 Å². The van der Waals surface area contributed by atoms with Crippen LogP contribution >= 0.6 is 0 Å². The average Bonchev–Trinajstić information content (AvgIpc) is 3.09. The standard InChI is InChI=1S/C16H14N2O5/c1-8-3-4-9(7-10(8)18(21)22)17-14(19)12-11-5-6-16(2,23-11)13(12)15(17)20/h3-7,11-13H,1-2H3/t11-,12-,13-,16+/m0/s1. The van der Waals surface area contributed by atoms with E-state index < -0.39 is 28.5 Å². The van der Waals surface area contributed by atoms with Gasteiger partial charge >= 0.3 is 0 Å². The molecular formula is C16H14N2O5. The lowest BCUT2D eigenvalue weighted by Crippen LogP contribution is -2.38. The summed E-state index contributed by atoms with van der Waals surface area (Å²) in [5.74, 6) is -1.81. The highest BCUT2D eigenvalue weighted by Gasteiger charge is 2.66. The number of amides is 2. The summed E-state index contributed by atoms with van der Waals surface area (Å²) in [6, 6.07) is 4.40. The number of benzene rings is 1. The Morgan fingerprint density at radius 2 is 2.04 bits per heavy atom. The van der Waals surface area contributed by atoms with Crippen LogP contribution in [0.4, 0.5) is 11.4 Å². The van der Waals surface area contributed by atoms with Gasteiger partial charge in [0.1, 0.15) is 0 Å². The summed E-state index contributed by atoms with van der Waals surface area (Å²) in [4.78, 5) is 37.2. The molecule has 118 valence electrons. The Labute approximate surface area is 131 Å². The Hall–Kier alpha value is -2.54. The Balaban J connectivity index is 1.78. The topological polar surface area (TPSA) is 89.8 Å². The summed E-state index contributed by atoms with van der Waals surface area (Å²) >= 11 is 0. The maximum atomic E-state index is 12.8. The lowest BCUT2D eigenvalue weighted by molar-refractivity contribution is -0.385. The van der Waals surface area contributed by atoms with E-state index in [-0.39, 0.29) is 23.2 Å². The Kier molecular flexibility index (Phi) is 2.61. The van der Waals surface area contributed by atoms with Crippen LogP contribution < -0.4 is 4.90 Å². The van der Waals surface area contributed by atoms with Crippen molar-refractivity contribution < 1.29 is 19.2 Å². The molecule has 3 heterocycles. The second-order valence-corrected chi connectivity index (χ2v) is 6.37. The van der Waals surface area contributed by atoms with Crippen LogP contribution in [-0.2, 0) is 14.3 Å². The molecule has 0 unspecified atom stereocenters. The minimum absolute atomic E-state index is 0.108. The normalized spacial score (nSPS) is 34.3. The number of carbonyl (C=O) groups is 2. The molecule has 2 saturated heterocycles. The van der Waals surface area contributed by atoms with Crippen molar-refractivity contribution in [3.05, 3.63) is 46.0 Å². The van der Waals surface area contributed by atoms with E-state index in [4.69, 9.17) is 4.74 Å². The number of imide groups is 1. The van der Waals surface area contributed by atoms with Crippen LogP contribution in [0, 0.1) is 28.9 Å². The van der Waals surface area contributed by atoms with Gasteiger partial charge in [0.2, 0.25) is 11.8 Å². The molecule has 7 heteroatoms. The number of rotatable bonds is 2. The highest BCUT2D eigenvalue weighted by Crippen LogP contribution is 2.52. The number of ether oxygens (including phenoxy) is 1. The van der Waals surface area contributed by atoms with E-state index in [2.05, 4.69) is 0 Å². The monoisotopic (exact) mass is 314 g/mol. The molecule has 3 aliphatic heterocycles. The zero-order valence-electron chi connectivity index (χ0n) is 12.6. The smallest absolute Gasteiger partial charge is 0.274 e. The molecule has 0 aromatic heterocycles. The van der Waals surface area contributed by atoms with Gasteiger partial charge in [-0.05, 0) is 19.9 Å². The quantitative estimate of drug-likeness (QED) is 0.359. The molecule has 0 aliphatic carbocycles. The Morgan fingerprint density at radius 1 is 1.30 bits per heavy atom. The predicted octanol–water partition coefficient (Wildman–Crippen LogP) is 1.74. The van der Waals surface area contributed by atoms with Crippen LogP contribution in [0.2, 0.25) is 0 Å². The lowest BCUT2D eigenvalue weighted by Gasteiger charge is -2.24. The maximum Gasteiger partial charge on any atom is 0.274 e. The van der Waals surface area contributed by atoms with Crippen molar-refractivity contribution in [2.45, 2.75) is 25.6 Å². The largest absolute Gasteiger partial charge is 0.362 e. The number of nitro groups is 1. The number of nitro benzene ring substituents is 1. The van der Waals surface area contributed by atoms with Crippen molar-refractivity contribution in [3.63, 3.8) is 0 Å². The van der Waals surface area contributed by atoms with Crippen molar-refractivity contribution in [2.24, 2.45) is 11.8 Å². The van der Waals surface area contributed by atoms with E-state index in [1.165, 1.54) is 6.07 Å². The first-order valence-electron chi connectivity index (χ1n) is 7.33. The summed E-state index contributed by atoms with van der Waals surface area (Å²) in [5, 5.41) is 11.1. The van der Waals surface area contributed by atoms with Crippen molar-refractivity contribution in [2.75, 3.05) is 4.90 Å². The van der Waals surface area contributed by atoms with E-state index in [0.717, 1.165) is 4.90 Å². The number of carbonyl (C=O) groups excluding carboxylic acids is 2. The van der Waals surface area contributed by atoms with Crippen LogP contribution in [-0.4, -0.2) is 28.4 Å². The summed E-state index contributed by atoms with van der Waals surface area (Å²) in [7, 11) is 0. The molecule has 0 radical (unpaired) electrons. The highest BCUT2D eigenvalue weighted by atomic mass is 16.6. The predicted molar refractivity (Wildman–Crippen MR) is 79.7 cm³/mol. The van der Waals surface area contributed by atoms with E-state index in [1.807, 2.05) is 12.2 Å². The average molecular weight is 314 g/mol. The molecule has 23 heavy (non-hydrogen) atoms. The molecule has 0 N–H and O–H groups in total. The van der Waals surface area contributed by atoms with Crippen molar-refractivity contribution in [3.8, 4) is 0 Å². The van der Waals surface area contributed by atoms with Gasteiger partial charge in [-0.25, -0.2) is 4.90 Å². The molecule has 1 aromatic carbocycles. The second kappa shape index (κ2) is 4.26. The fourth-order valence-corrected chi connectivity index (χ4v) is 3.84. The first-order valence-corrected chi connectivity index (χ1v) is 7.33. The maximum absolute atomic E-state index is 12.8. The molecule has 0 spiro atoms. The lowest BCUT2D eigenvalue weighted by atomic mass is 9.78. The van der Waals surface area contributed by atoms with Crippen LogP contribution in [0.3, 0.4) is 0 Å². The van der Waals surface area contributed by atoms with Gasteiger partial charge in [-0.2, -0.15) is 0 Å². The molecular weight excluding hydrogens is 300 g/mol. The number of hydrogen-bond acceptors (Lipinski definition) is 5. The van der Waals surface area contributed by atoms with Crippen molar-refractivity contribution in [1.29, 1.82) is 0 Å². The Morgan fingerprint density at radius 3 is 2.70 bits per heavy atom. The first kappa shape index (κ1) is 14.1. The van der Waals surface area contributed by atoms with Crippen molar-refractivity contribution in [1.82, 2.24) is 0 Å². The van der Waals surface area contributed by atoms with Crippen LogP contribution in [0.15, 0.2) is 30.4 Å². The molecule has 2 amide bonds. The molecule has 2 fully saturated rings. The minimum Gasteiger partial charge on any atom is -0.362 e. The number of hydrogen-bond donors (Lipinski definition) is 0. The summed E-state index contributed by atoms with van der Waals surface area (Å²) in [6.45, 7) is 3.41. The van der Waals surface area contributed by atoms with Crippen LogP contribution in [0.25, 0.3) is 0 Å². The summed E-state index contributed by atoms with van der Waals surface area (Å²) < 4.78 is 5.75. The van der Waals surface area contributed by atoms with Crippen LogP contribution in [0.1, 0.15) is 12.5 Å². The highest BCUT2D eigenvalue weighted by molar-refractivity contribution is 6.23. The molecule has 0 saturated carbocycles. The fourth-order valence-electron chi connectivity index (χ4n) is 3.84. The summed E-state index contributed by atoms with van der Waals surface area (Å²) in [6.07, 6.45) is 3.24. The molecule has 4 atom stereocenters. The molecule has 1 aromatic rings. The third-order valence-electron chi connectivity index (χ3n) is 4.98. The number of fused-ring (bicyclic) bond motifs is 5. The second-order valence-electron chi connectivity index (χ2n) is 6.37. The van der Waals surface area contributed by atoms with E-state index in [1.54, 1.807) is 26.0 Å². The zero-order chi connectivity index (χ0) is 16.5. The molecule has 2 bridgehead atoms. The first-order chi connectivity index (χ1) is 10.8. The summed E-state index contributed by atoms with van der Waals surface area (Å²) in [5.41, 5.74) is -0.151. The van der Waals surface area contributed by atoms with Gasteiger partial charge in [0.05, 0.1) is 34.2 Å². The third-order valence-corrected chi connectivity index (χ3v) is 4.98. The number of nitrogens with zero attached hydrogens (tertiary/aromatic N) is 2. The van der Waals surface area contributed by atoms with Gasteiger partial charge in [-0.15, -0.1) is 0 Å². The third kappa shape index (κ3) is 1.68. The molecule has 7 nitrogen and oxygen atoms in total. The van der Waals surface area contributed by atoms with Gasteiger partial charge in [0.15, 0.2) is 0 Å². The number of anilines is 1. The van der Waals surface area contributed by atoms with Gasteiger partial charge in [-0.3, -0.25) is 19.7 Å². The fraction of sp³-hybridized carbons (Fsp3) is 0.375. The van der Waals surface area contributed by atoms with Crippen molar-refractivity contribution >= 4 is 23.2 Å². The SMILES string of the molecule is Cc1ccc(N2C(=O)[C@H]3[C@@H]4C=C[C@@](C)(O4)[C@@H]3C2=O)cc1[N+](=O)[O-]. The van der Waals surface area contributed by atoms with Crippen LogP contribution in [0.5, 0.6) is 0 Å². The minimum atomic E-state index is -0.770. The van der Waals surface area contributed by atoms with Gasteiger partial charge in [0.25, 0.3) is 5.69 Å². The number of aryl methyl sites for hydroxylation is 1. The van der Waals surface area contributed by atoms with E-state index in [9.17, 15) is 19.7 Å². The van der Waals surface area contributed by atoms with Gasteiger partial charge < -0.3 is 4.74 Å².